The zero-order valence-electron chi connectivity index (χ0n) is 9.89. The maximum absolute atomic E-state index is 4.40. The lowest BCUT2D eigenvalue weighted by Crippen LogP contribution is -2.21. The van der Waals surface area contributed by atoms with Crippen molar-refractivity contribution >= 4 is 0 Å². The highest BCUT2D eigenvalue weighted by Crippen LogP contribution is 2.25. The lowest BCUT2D eigenvalue weighted by Gasteiger charge is -2.22. The van der Waals surface area contributed by atoms with Crippen molar-refractivity contribution < 1.29 is 0 Å². The van der Waals surface area contributed by atoms with Crippen molar-refractivity contribution in [1.29, 1.82) is 0 Å². The highest BCUT2D eigenvalue weighted by atomic mass is 15.3. The van der Waals surface area contributed by atoms with Crippen LogP contribution in [0.1, 0.15) is 39.0 Å². The maximum atomic E-state index is 4.40. The van der Waals surface area contributed by atoms with Crippen molar-refractivity contribution in [1.82, 2.24) is 15.1 Å². The summed E-state index contributed by atoms with van der Waals surface area (Å²) in [5.74, 6) is 0. The summed E-state index contributed by atoms with van der Waals surface area (Å²) in [4.78, 5) is 0. The molecule has 0 spiro atoms. The Morgan fingerprint density at radius 3 is 2.50 bits per heavy atom. The van der Waals surface area contributed by atoms with Gasteiger partial charge in [0, 0.05) is 29.8 Å². The van der Waals surface area contributed by atoms with E-state index < -0.39 is 0 Å². The van der Waals surface area contributed by atoms with E-state index in [-0.39, 0.29) is 5.41 Å². The molecule has 0 bridgehead atoms. The number of aromatic nitrogens is 2. The normalized spacial score (nSPS) is 12.1. The van der Waals surface area contributed by atoms with Gasteiger partial charge in [0.05, 0.1) is 6.20 Å². The second kappa shape index (κ2) is 4.13. The summed E-state index contributed by atoms with van der Waals surface area (Å²) in [6.45, 7) is 10.7. The molecule has 0 aliphatic carbocycles. The first-order valence-electron chi connectivity index (χ1n) is 5.20. The molecule has 0 aliphatic heterocycles. The van der Waals surface area contributed by atoms with Gasteiger partial charge in [-0.2, -0.15) is 5.10 Å². The molecule has 0 saturated heterocycles. The fourth-order valence-electron chi connectivity index (χ4n) is 1.85. The molecule has 1 N–H and O–H groups in total. The third-order valence-electron chi connectivity index (χ3n) is 2.29. The van der Waals surface area contributed by atoms with Gasteiger partial charge >= 0.3 is 0 Å². The summed E-state index contributed by atoms with van der Waals surface area (Å²) in [5.41, 5.74) is 2.81. The summed E-state index contributed by atoms with van der Waals surface area (Å²) >= 11 is 0. The Hall–Kier alpha value is -0.830. The number of hydrogen-bond acceptors (Lipinski definition) is 2. The van der Waals surface area contributed by atoms with Crippen LogP contribution in [0.4, 0.5) is 0 Å². The molecule has 3 nitrogen and oxygen atoms in total. The van der Waals surface area contributed by atoms with E-state index in [1.807, 2.05) is 13.2 Å². The van der Waals surface area contributed by atoms with E-state index in [2.05, 4.69) is 42.8 Å². The quantitative estimate of drug-likeness (QED) is 0.798. The summed E-state index contributed by atoms with van der Waals surface area (Å²) in [5, 5.41) is 7.58. The standard InChI is InChI=1S/C11H21N3/c1-6-14-10(11(2,3)4)9(7-12-5)8-13-14/h8,12H,6-7H2,1-5H3. The predicted molar refractivity (Wildman–Crippen MR) is 59.4 cm³/mol. The first-order chi connectivity index (χ1) is 6.50. The molecular weight excluding hydrogens is 174 g/mol. The molecule has 0 saturated carbocycles. The van der Waals surface area contributed by atoms with Gasteiger partial charge in [-0.25, -0.2) is 0 Å². The number of rotatable bonds is 3. The number of nitrogens with one attached hydrogen (secondary N) is 1. The van der Waals surface area contributed by atoms with Gasteiger partial charge in [0.15, 0.2) is 0 Å². The first-order valence-corrected chi connectivity index (χ1v) is 5.20. The van der Waals surface area contributed by atoms with Gasteiger partial charge in [0.25, 0.3) is 0 Å². The molecule has 3 heteroatoms. The van der Waals surface area contributed by atoms with Gasteiger partial charge in [-0.05, 0) is 14.0 Å². The molecule has 1 aromatic rings. The van der Waals surface area contributed by atoms with E-state index >= 15 is 0 Å². The van der Waals surface area contributed by atoms with E-state index in [4.69, 9.17) is 0 Å². The molecule has 0 unspecified atom stereocenters. The number of hydrogen-bond donors (Lipinski definition) is 1. The average Bonchev–Trinajstić information content (AvgIpc) is 2.47. The molecule has 80 valence electrons. The minimum atomic E-state index is 0.165. The summed E-state index contributed by atoms with van der Waals surface area (Å²) in [7, 11) is 1.97. The molecule has 0 aromatic carbocycles. The number of aryl methyl sites for hydroxylation is 1. The van der Waals surface area contributed by atoms with Crippen LogP contribution in [0, 0.1) is 0 Å². The lowest BCUT2D eigenvalue weighted by molar-refractivity contribution is 0.492. The van der Waals surface area contributed by atoms with E-state index in [0.29, 0.717) is 0 Å². The van der Waals surface area contributed by atoms with E-state index in [1.165, 1.54) is 11.3 Å². The van der Waals surface area contributed by atoms with Crippen molar-refractivity contribution in [3.63, 3.8) is 0 Å². The molecule has 0 amide bonds. The largest absolute Gasteiger partial charge is 0.316 e. The predicted octanol–water partition coefficient (Wildman–Crippen LogP) is 1.92. The highest BCUT2D eigenvalue weighted by molar-refractivity contribution is 5.24. The third-order valence-corrected chi connectivity index (χ3v) is 2.29. The molecule has 0 atom stereocenters. The lowest BCUT2D eigenvalue weighted by atomic mass is 9.89. The van der Waals surface area contributed by atoms with Gasteiger partial charge in [-0.1, -0.05) is 20.8 Å². The van der Waals surface area contributed by atoms with Gasteiger partial charge < -0.3 is 5.32 Å². The maximum Gasteiger partial charge on any atom is 0.0537 e. The zero-order chi connectivity index (χ0) is 10.8. The fraction of sp³-hybridized carbons (Fsp3) is 0.727. The van der Waals surface area contributed by atoms with Crippen LogP contribution < -0.4 is 5.32 Å². The van der Waals surface area contributed by atoms with Crippen LogP contribution in [0.3, 0.4) is 0 Å². The van der Waals surface area contributed by atoms with Gasteiger partial charge in [-0.3, -0.25) is 4.68 Å². The van der Waals surface area contributed by atoms with Crippen molar-refractivity contribution in [3.05, 3.63) is 17.5 Å². The van der Waals surface area contributed by atoms with E-state index in [1.54, 1.807) is 0 Å². The number of nitrogens with zero attached hydrogens (tertiary/aromatic N) is 2. The Bertz CT molecular complexity index is 294. The summed E-state index contributed by atoms with van der Waals surface area (Å²) in [6, 6.07) is 0. The first kappa shape index (κ1) is 11.2. The molecule has 0 fully saturated rings. The van der Waals surface area contributed by atoms with Crippen LogP contribution in [0.5, 0.6) is 0 Å². The molecule has 1 rings (SSSR count). The molecule has 14 heavy (non-hydrogen) atoms. The minimum absolute atomic E-state index is 0.165. The highest BCUT2D eigenvalue weighted by Gasteiger charge is 2.22. The van der Waals surface area contributed by atoms with Crippen LogP contribution in [-0.4, -0.2) is 16.8 Å². The van der Waals surface area contributed by atoms with Crippen molar-refractivity contribution in [2.24, 2.45) is 0 Å². The molecular formula is C11H21N3. The van der Waals surface area contributed by atoms with Gasteiger partial charge in [0.1, 0.15) is 0 Å². The summed E-state index contributed by atoms with van der Waals surface area (Å²) in [6.07, 6.45) is 1.97. The van der Waals surface area contributed by atoms with Crippen LogP contribution in [0.2, 0.25) is 0 Å². The van der Waals surface area contributed by atoms with Crippen molar-refractivity contribution in [2.45, 2.75) is 46.2 Å². The Morgan fingerprint density at radius 1 is 1.43 bits per heavy atom. The minimum Gasteiger partial charge on any atom is -0.316 e. The second-order valence-corrected chi connectivity index (χ2v) is 4.61. The summed E-state index contributed by atoms with van der Waals surface area (Å²) < 4.78 is 2.09. The Labute approximate surface area is 86.5 Å². The Kier molecular flexibility index (Phi) is 3.32. The zero-order valence-corrected chi connectivity index (χ0v) is 9.89. The van der Waals surface area contributed by atoms with Gasteiger partial charge in [0.2, 0.25) is 0 Å². The topological polar surface area (TPSA) is 29.9 Å². The SMILES string of the molecule is CCn1ncc(CNC)c1C(C)(C)C. The molecule has 1 heterocycles. The van der Waals surface area contributed by atoms with Crippen LogP contribution in [0.25, 0.3) is 0 Å². The Morgan fingerprint density at radius 2 is 2.07 bits per heavy atom. The van der Waals surface area contributed by atoms with Crippen LogP contribution >= 0.6 is 0 Å². The van der Waals surface area contributed by atoms with Crippen molar-refractivity contribution in [2.75, 3.05) is 7.05 Å². The smallest absolute Gasteiger partial charge is 0.0537 e. The second-order valence-electron chi connectivity index (χ2n) is 4.61. The monoisotopic (exact) mass is 195 g/mol. The van der Waals surface area contributed by atoms with Gasteiger partial charge in [-0.15, -0.1) is 0 Å². The average molecular weight is 195 g/mol. The molecule has 0 aliphatic rings. The van der Waals surface area contributed by atoms with E-state index in [0.717, 1.165) is 13.1 Å². The third kappa shape index (κ3) is 2.15. The Balaban J connectivity index is 3.13. The molecule has 0 radical (unpaired) electrons. The van der Waals surface area contributed by atoms with Crippen LogP contribution in [0.15, 0.2) is 6.20 Å². The fourth-order valence-corrected chi connectivity index (χ4v) is 1.85. The molecule has 1 aromatic heterocycles. The van der Waals surface area contributed by atoms with E-state index in [9.17, 15) is 0 Å². The van der Waals surface area contributed by atoms with Crippen molar-refractivity contribution in [3.8, 4) is 0 Å². The van der Waals surface area contributed by atoms with Crippen LogP contribution in [-0.2, 0) is 18.5 Å².